The molecule has 0 aliphatic heterocycles. The average Bonchev–Trinajstić information content (AvgIpc) is 2.20. The van der Waals surface area contributed by atoms with Crippen LogP contribution in [-0.4, -0.2) is 37.0 Å². The van der Waals surface area contributed by atoms with E-state index in [9.17, 15) is 0 Å². The molecule has 1 aromatic carbocycles. The van der Waals surface area contributed by atoms with Gasteiger partial charge in [0.2, 0.25) is 0 Å². The van der Waals surface area contributed by atoms with Crippen LogP contribution in [0.3, 0.4) is 0 Å². The Hall–Kier alpha value is -0.800. The maximum Gasteiger partial charge on any atom is 0.0990 e. The maximum atomic E-state index is 4.52. The summed E-state index contributed by atoms with van der Waals surface area (Å²) in [7, 11) is 4.04. The first-order valence-electron chi connectivity index (χ1n) is 4.52. The van der Waals surface area contributed by atoms with Gasteiger partial charge in [-0.15, -0.1) is 11.8 Å². The molecule has 0 unspecified atom stereocenters. The smallest absolute Gasteiger partial charge is 0.0990 e. The van der Waals surface area contributed by atoms with E-state index in [0.717, 1.165) is 11.7 Å². The van der Waals surface area contributed by atoms with Gasteiger partial charge in [0, 0.05) is 5.56 Å². The van der Waals surface area contributed by atoms with Crippen molar-refractivity contribution in [2.45, 2.75) is 0 Å². The Balaban J connectivity index is 2.77. The van der Waals surface area contributed by atoms with E-state index in [1.807, 2.05) is 32.3 Å². The number of benzene rings is 1. The number of aliphatic imine (C=N–C) groups is 1. The molecule has 0 amide bonds. The minimum atomic E-state index is 0.741. The maximum absolute atomic E-state index is 4.52. The molecule has 0 saturated carbocycles. The Labute approximate surface area is 90.0 Å². The SMILES string of the molecule is CSC(=NCN(C)C)c1ccccc1. The van der Waals surface area contributed by atoms with Gasteiger partial charge in [0.05, 0.1) is 11.7 Å². The molecule has 0 bridgehead atoms. The molecule has 0 heterocycles. The molecule has 0 N–H and O–H groups in total. The molecular weight excluding hydrogens is 192 g/mol. The van der Waals surface area contributed by atoms with Gasteiger partial charge >= 0.3 is 0 Å². The normalized spacial score (nSPS) is 12.1. The zero-order chi connectivity index (χ0) is 10.4. The first-order valence-corrected chi connectivity index (χ1v) is 5.75. The minimum absolute atomic E-state index is 0.741. The quantitative estimate of drug-likeness (QED) is 0.559. The molecular formula is C11H16N2S. The van der Waals surface area contributed by atoms with E-state index in [1.165, 1.54) is 5.56 Å². The van der Waals surface area contributed by atoms with Gasteiger partial charge in [0.15, 0.2) is 0 Å². The van der Waals surface area contributed by atoms with Crippen molar-refractivity contribution in [3.8, 4) is 0 Å². The van der Waals surface area contributed by atoms with Crippen LogP contribution in [0.4, 0.5) is 0 Å². The van der Waals surface area contributed by atoms with E-state index in [1.54, 1.807) is 11.8 Å². The highest BCUT2D eigenvalue weighted by Crippen LogP contribution is 2.10. The third-order valence-corrected chi connectivity index (χ3v) is 2.46. The molecule has 0 aromatic heterocycles. The van der Waals surface area contributed by atoms with Crippen molar-refractivity contribution in [2.24, 2.45) is 4.99 Å². The summed E-state index contributed by atoms with van der Waals surface area (Å²) in [6.45, 7) is 0.741. The highest BCUT2D eigenvalue weighted by molar-refractivity contribution is 8.13. The van der Waals surface area contributed by atoms with E-state index in [4.69, 9.17) is 0 Å². The molecule has 1 aromatic rings. The number of thioether (sulfide) groups is 1. The third-order valence-electron chi connectivity index (χ3n) is 1.71. The van der Waals surface area contributed by atoms with E-state index >= 15 is 0 Å². The first kappa shape index (κ1) is 11.3. The Bertz CT molecular complexity index is 293. The van der Waals surface area contributed by atoms with Gasteiger partial charge in [-0.2, -0.15) is 0 Å². The molecule has 0 fully saturated rings. The second-order valence-electron chi connectivity index (χ2n) is 3.25. The predicted octanol–water partition coefficient (Wildman–Crippen LogP) is 2.32. The van der Waals surface area contributed by atoms with Crippen molar-refractivity contribution in [3.05, 3.63) is 35.9 Å². The first-order chi connectivity index (χ1) is 6.74. The highest BCUT2D eigenvalue weighted by Gasteiger charge is 1.99. The second-order valence-corrected chi connectivity index (χ2v) is 4.05. The summed E-state index contributed by atoms with van der Waals surface area (Å²) in [5, 5.41) is 1.10. The van der Waals surface area contributed by atoms with Gasteiger partial charge in [-0.3, -0.25) is 9.89 Å². The van der Waals surface area contributed by atoms with Crippen LogP contribution in [0.1, 0.15) is 5.56 Å². The van der Waals surface area contributed by atoms with Crippen molar-refractivity contribution in [3.63, 3.8) is 0 Å². The molecule has 14 heavy (non-hydrogen) atoms. The molecule has 1 rings (SSSR count). The fourth-order valence-corrected chi connectivity index (χ4v) is 1.62. The van der Waals surface area contributed by atoms with Crippen molar-refractivity contribution in [1.82, 2.24) is 4.90 Å². The number of hydrogen-bond donors (Lipinski definition) is 0. The standard InChI is InChI=1S/C11H16N2S/c1-13(2)9-12-11(14-3)10-7-5-4-6-8-10/h4-8H,9H2,1-3H3. The number of hydrogen-bond acceptors (Lipinski definition) is 3. The van der Waals surface area contributed by atoms with Crippen LogP contribution in [0.25, 0.3) is 0 Å². The molecule has 0 spiro atoms. The third kappa shape index (κ3) is 3.52. The van der Waals surface area contributed by atoms with Crippen molar-refractivity contribution in [2.75, 3.05) is 27.0 Å². The van der Waals surface area contributed by atoms with Crippen LogP contribution in [-0.2, 0) is 0 Å². The van der Waals surface area contributed by atoms with Gasteiger partial charge in [0.1, 0.15) is 0 Å². The van der Waals surface area contributed by atoms with E-state index in [2.05, 4.69) is 28.3 Å². The molecule has 0 radical (unpaired) electrons. The fraction of sp³-hybridized carbons (Fsp3) is 0.364. The van der Waals surface area contributed by atoms with Crippen molar-refractivity contribution < 1.29 is 0 Å². The summed E-state index contributed by atoms with van der Waals surface area (Å²) >= 11 is 1.69. The molecule has 0 atom stereocenters. The topological polar surface area (TPSA) is 15.6 Å². The van der Waals surface area contributed by atoms with Gasteiger partial charge in [0.25, 0.3) is 0 Å². The highest BCUT2D eigenvalue weighted by atomic mass is 32.2. The average molecular weight is 208 g/mol. The van der Waals surface area contributed by atoms with Crippen LogP contribution < -0.4 is 0 Å². The molecule has 3 heteroatoms. The Morgan fingerprint density at radius 2 is 1.93 bits per heavy atom. The number of nitrogens with zero attached hydrogens (tertiary/aromatic N) is 2. The molecule has 0 saturated heterocycles. The predicted molar refractivity (Wildman–Crippen MR) is 65.0 cm³/mol. The molecule has 0 aliphatic rings. The summed E-state index contributed by atoms with van der Waals surface area (Å²) in [4.78, 5) is 6.57. The van der Waals surface area contributed by atoms with Crippen LogP contribution >= 0.6 is 11.8 Å². The van der Waals surface area contributed by atoms with E-state index < -0.39 is 0 Å². The zero-order valence-corrected chi connectivity index (χ0v) is 9.71. The lowest BCUT2D eigenvalue weighted by molar-refractivity contribution is 0.425. The minimum Gasteiger partial charge on any atom is -0.291 e. The Kier molecular flexibility index (Phi) is 4.70. The fourth-order valence-electron chi connectivity index (χ4n) is 1.06. The molecule has 2 nitrogen and oxygen atoms in total. The second kappa shape index (κ2) is 5.83. The monoisotopic (exact) mass is 208 g/mol. The lowest BCUT2D eigenvalue weighted by Crippen LogP contribution is -2.12. The lowest BCUT2D eigenvalue weighted by atomic mass is 10.2. The summed E-state index contributed by atoms with van der Waals surface area (Å²) in [5.41, 5.74) is 1.20. The lowest BCUT2D eigenvalue weighted by Gasteiger charge is -2.07. The van der Waals surface area contributed by atoms with Crippen molar-refractivity contribution >= 4 is 16.8 Å². The largest absolute Gasteiger partial charge is 0.291 e. The van der Waals surface area contributed by atoms with Gasteiger partial charge in [-0.05, 0) is 20.4 Å². The molecule has 76 valence electrons. The van der Waals surface area contributed by atoms with Crippen molar-refractivity contribution in [1.29, 1.82) is 0 Å². The number of rotatable bonds is 3. The van der Waals surface area contributed by atoms with Crippen LogP contribution in [0.5, 0.6) is 0 Å². The summed E-state index contributed by atoms with van der Waals surface area (Å²) in [5.74, 6) is 0. The van der Waals surface area contributed by atoms with E-state index in [-0.39, 0.29) is 0 Å². The van der Waals surface area contributed by atoms with Gasteiger partial charge in [-0.1, -0.05) is 30.3 Å². The Morgan fingerprint density at radius 3 is 2.43 bits per heavy atom. The van der Waals surface area contributed by atoms with Crippen LogP contribution in [0.2, 0.25) is 0 Å². The summed E-state index contributed by atoms with van der Waals surface area (Å²) < 4.78 is 0. The molecule has 0 aliphatic carbocycles. The van der Waals surface area contributed by atoms with Gasteiger partial charge < -0.3 is 0 Å². The van der Waals surface area contributed by atoms with Crippen LogP contribution in [0, 0.1) is 0 Å². The van der Waals surface area contributed by atoms with Gasteiger partial charge in [-0.25, -0.2) is 0 Å². The van der Waals surface area contributed by atoms with E-state index in [0.29, 0.717) is 0 Å². The van der Waals surface area contributed by atoms with Crippen LogP contribution in [0.15, 0.2) is 35.3 Å². The summed E-state index contributed by atoms with van der Waals surface area (Å²) in [6.07, 6.45) is 2.06. The summed E-state index contributed by atoms with van der Waals surface area (Å²) in [6, 6.07) is 10.3. The zero-order valence-electron chi connectivity index (χ0n) is 8.90. The Morgan fingerprint density at radius 1 is 1.29 bits per heavy atom.